The summed E-state index contributed by atoms with van der Waals surface area (Å²) in [6.45, 7) is 8.57. The van der Waals surface area contributed by atoms with E-state index in [4.69, 9.17) is 4.74 Å². The summed E-state index contributed by atoms with van der Waals surface area (Å²) in [6, 6.07) is 12.8. The minimum atomic E-state index is -1.06. The van der Waals surface area contributed by atoms with Gasteiger partial charge in [-0.1, -0.05) is 54.1 Å². The van der Waals surface area contributed by atoms with Gasteiger partial charge < -0.3 is 25.0 Å². The third-order valence-corrected chi connectivity index (χ3v) is 5.62. The minimum Gasteiger partial charge on any atom is -0.468 e. The van der Waals surface area contributed by atoms with Crippen LogP contribution in [0.2, 0.25) is 0 Å². The predicted molar refractivity (Wildman–Crippen MR) is 140 cm³/mol. The van der Waals surface area contributed by atoms with Crippen molar-refractivity contribution in [2.75, 3.05) is 20.7 Å². The lowest BCUT2D eigenvalue weighted by Crippen LogP contribution is -2.53. The number of hydrogen-bond donors (Lipinski definition) is 2. The molecule has 0 spiro atoms. The fourth-order valence-electron chi connectivity index (χ4n) is 3.78. The summed E-state index contributed by atoms with van der Waals surface area (Å²) in [5.41, 5.74) is 2.37. The first-order valence-corrected chi connectivity index (χ1v) is 12.0. The number of nitrogens with zero attached hydrogens (tertiary/aromatic N) is 1. The topological polar surface area (TPSA) is 114 Å². The Hall–Kier alpha value is -3.88. The van der Waals surface area contributed by atoms with Crippen molar-refractivity contribution in [1.29, 1.82) is 0 Å². The molecule has 2 rings (SSSR count). The number of nitrogens with one attached hydrogen (secondary N) is 2. The molecule has 2 aromatic rings. The number of aryl methyl sites for hydroxylation is 2. The van der Waals surface area contributed by atoms with Crippen LogP contribution in [0.15, 0.2) is 48.5 Å². The molecule has 0 aliphatic carbocycles. The van der Waals surface area contributed by atoms with Gasteiger partial charge in [0, 0.05) is 13.5 Å². The number of hydrogen-bond acceptors (Lipinski definition) is 6. The van der Waals surface area contributed by atoms with E-state index in [-0.39, 0.29) is 13.0 Å². The van der Waals surface area contributed by atoms with Gasteiger partial charge in [-0.25, -0.2) is 4.79 Å². The molecule has 0 radical (unpaired) electrons. The first kappa shape index (κ1) is 29.4. The van der Waals surface area contributed by atoms with Crippen molar-refractivity contribution in [2.24, 2.45) is 0 Å². The van der Waals surface area contributed by atoms with E-state index in [1.807, 2.05) is 62.4 Å². The second-order valence-corrected chi connectivity index (χ2v) is 9.89. The summed E-state index contributed by atoms with van der Waals surface area (Å²) < 4.78 is 10.0. The highest BCUT2D eigenvalue weighted by atomic mass is 16.6. The lowest BCUT2D eigenvalue weighted by Gasteiger charge is -2.32. The molecule has 0 aliphatic heterocycles. The summed E-state index contributed by atoms with van der Waals surface area (Å²) >= 11 is 0. The van der Waals surface area contributed by atoms with Crippen LogP contribution in [-0.2, 0) is 30.3 Å². The number of carbonyl (C=O) groups excluding carboxylic acids is 4. The van der Waals surface area contributed by atoms with Crippen LogP contribution in [0, 0.1) is 13.8 Å². The highest BCUT2D eigenvalue weighted by Crippen LogP contribution is 2.26. The van der Waals surface area contributed by atoms with Gasteiger partial charge in [0.15, 0.2) is 0 Å². The molecule has 0 bridgehead atoms. The van der Waals surface area contributed by atoms with Crippen molar-refractivity contribution in [1.82, 2.24) is 15.5 Å². The van der Waals surface area contributed by atoms with Gasteiger partial charge in [-0.05, 0) is 51.3 Å². The summed E-state index contributed by atoms with van der Waals surface area (Å²) in [5, 5.41) is 5.23. The van der Waals surface area contributed by atoms with Gasteiger partial charge >= 0.3 is 12.1 Å². The Morgan fingerprint density at radius 3 is 2.24 bits per heavy atom. The van der Waals surface area contributed by atoms with Crippen LogP contribution in [0.4, 0.5) is 4.79 Å². The zero-order valence-corrected chi connectivity index (χ0v) is 22.6. The molecule has 200 valence electrons. The molecule has 0 fully saturated rings. The molecule has 9 nitrogen and oxygen atoms in total. The number of likely N-dealkylation sites (N-methyl/N-ethyl adjacent to an activating group) is 1. The Morgan fingerprint density at radius 2 is 1.65 bits per heavy atom. The Labute approximate surface area is 218 Å². The van der Waals surface area contributed by atoms with E-state index in [1.165, 1.54) is 19.1 Å². The highest BCUT2D eigenvalue weighted by molar-refractivity contribution is 5.93. The third kappa shape index (κ3) is 8.93. The SMILES string of the molecule is COC(=O)CNC(=O)C(c1cc(C)ccc1C)N(C)C(=O)C(Cc1ccccc1)NC(=O)OC(C)(C)C. The fraction of sp³-hybridized carbons (Fsp3) is 0.429. The third-order valence-electron chi connectivity index (χ3n) is 5.62. The van der Waals surface area contributed by atoms with Crippen molar-refractivity contribution in [2.45, 2.75) is 58.7 Å². The molecule has 2 atom stereocenters. The molecule has 0 saturated heterocycles. The number of alkyl carbamates (subject to hydrolysis) is 1. The van der Waals surface area contributed by atoms with Gasteiger partial charge in [-0.2, -0.15) is 0 Å². The maximum Gasteiger partial charge on any atom is 0.408 e. The molecular formula is C28H37N3O6. The van der Waals surface area contributed by atoms with Gasteiger partial charge in [-0.3, -0.25) is 14.4 Å². The van der Waals surface area contributed by atoms with E-state index in [9.17, 15) is 19.2 Å². The van der Waals surface area contributed by atoms with Crippen LogP contribution < -0.4 is 10.6 Å². The maximum atomic E-state index is 13.8. The average molecular weight is 512 g/mol. The van der Waals surface area contributed by atoms with E-state index in [0.717, 1.165) is 16.7 Å². The van der Waals surface area contributed by atoms with Crippen LogP contribution >= 0.6 is 0 Å². The predicted octanol–water partition coefficient (Wildman–Crippen LogP) is 3.23. The van der Waals surface area contributed by atoms with E-state index < -0.39 is 41.6 Å². The molecule has 2 aromatic carbocycles. The Bertz CT molecular complexity index is 1110. The number of carbonyl (C=O) groups is 4. The van der Waals surface area contributed by atoms with Gasteiger partial charge in [0.05, 0.1) is 7.11 Å². The van der Waals surface area contributed by atoms with Crippen molar-refractivity contribution >= 4 is 23.9 Å². The van der Waals surface area contributed by atoms with Crippen molar-refractivity contribution in [3.8, 4) is 0 Å². The molecule has 37 heavy (non-hydrogen) atoms. The summed E-state index contributed by atoms with van der Waals surface area (Å²) in [4.78, 5) is 52.8. The summed E-state index contributed by atoms with van der Waals surface area (Å²) in [5.74, 6) is -1.66. The molecule has 9 heteroatoms. The molecule has 0 heterocycles. The second-order valence-electron chi connectivity index (χ2n) is 9.89. The summed E-state index contributed by atoms with van der Waals surface area (Å²) in [7, 11) is 2.73. The number of benzene rings is 2. The van der Waals surface area contributed by atoms with Crippen molar-refractivity contribution in [3.05, 3.63) is 70.8 Å². The van der Waals surface area contributed by atoms with Gasteiger partial charge in [0.25, 0.3) is 0 Å². The molecule has 2 N–H and O–H groups in total. The van der Waals surface area contributed by atoms with Crippen LogP contribution in [0.5, 0.6) is 0 Å². The Balaban J connectivity index is 2.44. The van der Waals surface area contributed by atoms with E-state index in [2.05, 4.69) is 15.4 Å². The van der Waals surface area contributed by atoms with E-state index in [1.54, 1.807) is 20.8 Å². The van der Waals surface area contributed by atoms with Crippen molar-refractivity contribution in [3.63, 3.8) is 0 Å². The van der Waals surface area contributed by atoms with Crippen LogP contribution in [0.3, 0.4) is 0 Å². The van der Waals surface area contributed by atoms with E-state index in [0.29, 0.717) is 5.56 Å². The van der Waals surface area contributed by atoms with Crippen molar-refractivity contribution < 1.29 is 28.7 Å². The lowest BCUT2D eigenvalue weighted by molar-refractivity contribution is -0.143. The standard InChI is InChI=1S/C28H37N3O6/c1-18-13-14-19(2)21(15-18)24(25(33)29-17-23(32)36-7)31(6)26(34)22(16-20-11-9-8-10-12-20)30-27(35)37-28(3,4)5/h8-15,22,24H,16-17H2,1-7H3,(H,29,33)(H,30,35). The average Bonchev–Trinajstić information content (AvgIpc) is 2.83. The zero-order valence-electron chi connectivity index (χ0n) is 22.6. The number of esters is 1. The number of ether oxygens (including phenoxy) is 2. The maximum absolute atomic E-state index is 13.8. The fourth-order valence-corrected chi connectivity index (χ4v) is 3.78. The number of methoxy groups -OCH3 is 1. The zero-order chi connectivity index (χ0) is 27.8. The van der Waals surface area contributed by atoms with Crippen LogP contribution in [0.25, 0.3) is 0 Å². The van der Waals surface area contributed by atoms with Crippen LogP contribution in [-0.4, -0.2) is 61.1 Å². The number of rotatable bonds is 9. The Morgan fingerprint density at radius 1 is 1.00 bits per heavy atom. The molecule has 0 saturated carbocycles. The summed E-state index contributed by atoms with van der Waals surface area (Å²) in [6.07, 6.45) is -0.555. The van der Waals surface area contributed by atoms with Gasteiger partial charge in [-0.15, -0.1) is 0 Å². The van der Waals surface area contributed by atoms with E-state index >= 15 is 0 Å². The normalized spacial score (nSPS) is 12.6. The molecule has 2 unspecified atom stereocenters. The lowest BCUT2D eigenvalue weighted by atomic mass is 9.96. The van der Waals surface area contributed by atoms with Crippen LogP contribution in [0.1, 0.15) is 49.1 Å². The quantitative estimate of drug-likeness (QED) is 0.500. The Kier molecular flexibility index (Phi) is 10.2. The monoisotopic (exact) mass is 511 g/mol. The largest absolute Gasteiger partial charge is 0.468 e. The number of amides is 3. The highest BCUT2D eigenvalue weighted by Gasteiger charge is 2.35. The second kappa shape index (κ2) is 12.9. The minimum absolute atomic E-state index is 0.187. The molecular weight excluding hydrogens is 474 g/mol. The molecule has 0 aliphatic rings. The molecule has 0 aromatic heterocycles. The first-order chi connectivity index (χ1) is 17.3. The smallest absolute Gasteiger partial charge is 0.408 e. The first-order valence-electron chi connectivity index (χ1n) is 12.0. The molecule has 3 amide bonds. The van der Waals surface area contributed by atoms with Gasteiger partial charge in [0.1, 0.15) is 24.2 Å². The van der Waals surface area contributed by atoms with Gasteiger partial charge in [0.2, 0.25) is 11.8 Å².